The molecule has 0 bridgehead atoms. The Labute approximate surface area is 207 Å². The Kier molecular flexibility index (Phi) is 8.24. The van der Waals surface area contributed by atoms with Gasteiger partial charge in [-0.1, -0.05) is 42.5 Å². The van der Waals surface area contributed by atoms with E-state index in [1.54, 1.807) is 0 Å². The average molecular weight is 496 g/mol. The van der Waals surface area contributed by atoms with Gasteiger partial charge in [0.1, 0.15) is 17.7 Å². The normalized spacial score (nSPS) is 19.4. The lowest BCUT2D eigenvalue weighted by molar-refractivity contribution is -0.126. The van der Waals surface area contributed by atoms with Gasteiger partial charge in [-0.3, -0.25) is 4.79 Å². The maximum atomic E-state index is 13.8. The molecule has 1 saturated heterocycles. The van der Waals surface area contributed by atoms with Crippen molar-refractivity contribution >= 4 is 23.3 Å². The number of nitrogens with one attached hydrogen (secondary N) is 3. The van der Waals surface area contributed by atoms with Crippen LogP contribution in [0.2, 0.25) is 0 Å². The fourth-order valence-electron chi connectivity index (χ4n) is 4.16. The van der Waals surface area contributed by atoms with Crippen molar-refractivity contribution in [2.24, 2.45) is 0 Å². The van der Waals surface area contributed by atoms with E-state index in [9.17, 15) is 23.5 Å². The fraction of sp³-hybridized carbons (Fsp3) is 0.259. The molecule has 0 aliphatic carbocycles. The Balaban J connectivity index is 1.26. The van der Waals surface area contributed by atoms with E-state index in [-0.39, 0.29) is 24.6 Å². The highest BCUT2D eigenvalue weighted by Crippen LogP contribution is 2.24. The number of halogens is 2. The van der Waals surface area contributed by atoms with Crippen LogP contribution in [0.3, 0.4) is 0 Å². The molecule has 9 heteroatoms. The number of hydrogen-bond acceptors (Lipinski definition) is 4. The van der Waals surface area contributed by atoms with Crippen LogP contribution in [-0.2, 0) is 9.53 Å². The molecule has 1 aliphatic rings. The van der Waals surface area contributed by atoms with Crippen molar-refractivity contribution in [2.75, 3.05) is 17.2 Å². The monoisotopic (exact) mass is 495 g/mol. The van der Waals surface area contributed by atoms with Crippen LogP contribution in [0.1, 0.15) is 19.3 Å². The summed E-state index contributed by atoms with van der Waals surface area (Å²) < 4.78 is 32.9. The van der Waals surface area contributed by atoms with E-state index >= 15 is 0 Å². The minimum absolute atomic E-state index is 0.0877. The van der Waals surface area contributed by atoms with E-state index < -0.39 is 35.9 Å². The minimum atomic E-state index is -0.772. The van der Waals surface area contributed by atoms with Crippen LogP contribution >= 0.6 is 0 Å². The summed E-state index contributed by atoms with van der Waals surface area (Å²) in [5.74, 6) is -1.69. The number of ether oxygens (including phenoxy) is 1. The number of carbonyl (C=O) groups is 2. The van der Waals surface area contributed by atoms with Crippen molar-refractivity contribution in [1.82, 2.24) is 5.32 Å². The molecule has 7 nitrogen and oxygen atoms in total. The molecule has 4 rings (SSSR count). The standard InChI is InChI=1S/C27H27F2N3O4/c28-19-8-12-22(29)24(14-19)32-27(35)31-23-13-11-21(36-25(23)16-33)15-26(34)30-20-9-6-18(7-10-20)17-4-2-1-3-5-17/h1-10,12,14,21,23,25,33H,11,13,15-16H2,(H,30,34)(H2,31,32,35)/t21-,23+,25-/m1/s1. The number of benzene rings is 3. The van der Waals surface area contributed by atoms with Gasteiger partial charge in [0.2, 0.25) is 5.91 Å². The highest BCUT2D eigenvalue weighted by molar-refractivity contribution is 5.91. The Hall–Kier alpha value is -3.82. The predicted octanol–water partition coefficient (Wildman–Crippen LogP) is 4.69. The number of urea groups is 1. The maximum absolute atomic E-state index is 13.8. The van der Waals surface area contributed by atoms with Crippen LogP contribution < -0.4 is 16.0 Å². The molecule has 0 unspecified atom stereocenters. The number of aliphatic hydroxyl groups excluding tert-OH is 1. The molecule has 3 atom stereocenters. The molecule has 0 aromatic heterocycles. The molecule has 3 amide bonds. The van der Waals surface area contributed by atoms with Crippen molar-refractivity contribution in [3.8, 4) is 11.1 Å². The maximum Gasteiger partial charge on any atom is 0.319 e. The van der Waals surface area contributed by atoms with Gasteiger partial charge < -0.3 is 25.8 Å². The predicted molar refractivity (Wildman–Crippen MR) is 132 cm³/mol. The zero-order chi connectivity index (χ0) is 25.5. The lowest BCUT2D eigenvalue weighted by Gasteiger charge is -2.35. The first-order valence-electron chi connectivity index (χ1n) is 11.7. The van der Waals surface area contributed by atoms with Gasteiger partial charge in [-0.05, 0) is 48.2 Å². The molecule has 188 valence electrons. The van der Waals surface area contributed by atoms with Crippen molar-refractivity contribution in [3.63, 3.8) is 0 Å². The van der Waals surface area contributed by atoms with Gasteiger partial charge in [0.15, 0.2) is 0 Å². The van der Waals surface area contributed by atoms with E-state index in [2.05, 4.69) is 16.0 Å². The van der Waals surface area contributed by atoms with Crippen LogP contribution in [-0.4, -0.2) is 41.9 Å². The van der Waals surface area contributed by atoms with Crippen molar-refractivity contribution in [3.05, 3.63) is 84.4 Å². The minimum Gasteiger partial charge on any atom is -0.394 e. The fourth-order valence-corrected chi connectivity index (χ4v) is 4.16. The molecular formula is C27H27F2N3O4. The van der Waals surface area contributed by atoms with Gasteiger partial charge in [0.25, 0.3) is 0 Å². The third kappa shape index (κ3) is 6.65. The molecule has 36 heavy (non-hydrogen) atoms. The summed E-state index contributed by atoms with van der Waals surface area (Å²) in [7, 11) is 0. The summed E-state index contributed by atoms with van der Waals surface area (Å²) in [5.41, 5.74) is 2.49. The summed E-state index contributed by atoms with van der Waals surface area (Å²) in [5, 5.41) is 17.5. The number of carbonyl (C=O) groups excluding carboxylic acids is 2. The Bertz CT molecular complexity index is 1190. The number of aliphatic hydroxyl groups is 1. The first kappa shape index (κ1) is 25.3. The van der Waals surface area contributed by atoms with E-state index in [1.807, 2.05) is 54.6 Å². The van der Waals surface area contributed by atoms with Crippen molar-refractivity contribution in [1.29, 1.82) is 0 Å². The topological polar surface area (TPSA) is 99.7 Å². The molecule has 4 N–H and O–H groups in total. The second-order valence-corrected chi connectivity index (χ2v) is 8.58. The van der Waals surface area contributed by atoms with E-state index in [0.717, 1.165) is 29.3 Å². The molecule has 0 radical (unpaired) electrons. The number of rotatable bonds is 7. The quantitative estimate of drug-likeness (QED) is 0.382. The molecular weight excluding hydrogens is 468 g/mol. The Morgan fingerprint density at radius 2 is 1.64 bits per heavy atom. The molecule has 1 aliphatic heterocycles. The Morgan fingerprint density at radius 3 is 2.36 bits per heavy atom. The Morgan fingerprint density at radius 1 is 0.917 bits per heavy atom. The van der Waals surface area contributed by atoms with E-state index in [4.69, 9.17) is 4.74 Å². The number of hydrogen-bond donors (Lipinski definition) is 4. The highest BCUT2D eigenvalue weighted by atomic mass is 19.1. The second-order valence-electron chi connectivity index (χ2n) is 8.58. The average Bonchev–Trinajstić information content (AvgIpc) is 2.88. The van der Waals surface area contributed by atoms with Gasteiger partial charge in [0, 0.05) is 11.8 Å². The van der Waals surface area contributed by atoms with Crippen LogP contribution in [0.15, 0.2) is 72.8 Å². The molecule has 0 saturated carbocycles. The molecule has 3 aromatic rings. The van der Waals surface area contributed by atoms with Crippen LogP contribution in [0, 0.1) is 11.6 Å². The molecule has 3 aromatic carbocycles. The lowest BCUT2D eigenvalue weighted by Crippen LogP contribution is -2.52. The summed E-state index contributed by atoms with van der Waals surface area (Å²) in [6.07, 6.45) is -0.188. The SMILES string of the molecule is O=C(C[C@H]1CC[C@H](NC(=O)Nc2cc(F)ccc2F)[C@@H](CO)O1)Nc1ccc(-c2ccccc2)cc1. The first-order valence-corrected chi connectivity index (χ1v) is 11.7. The number of amides is 3. The zero-order valence-corrected chi connectivity index (χ0v) is 19.4. The van der Waals surface area contributed by atoms with Gasteiger partial charge in [-0.25, -0.2) is 13.6 Å². The summed E-state index contributed by atoms with van der Waals surface area (Å²) >= 11 is 0. The first-order chi connectivity index (χ1) is 17.4. The largest absolute Gasteiger partial charge is 0.394 e. The summed E-state index contributed by atoms with van der Waals surface area (Å²) in [6, 6.07) is 18.9. The van der Waals surface area contributed by atoms with Crippen LogP contribution in [0.25, 0.3) is 11.1 Å². The van der Waals surface area contributed by atoms with Gasteiger partial charge in [-0.15, -0.1) is 0 Å². The smallest absolute Gasteiger partial charge is 0.319 e. The summed E-state index contributed by atoms with van der Waals surface area (Å²) in [6.45, 7) is -0.377. The van der Waals surface area contributed by atoms with Crippen LogP contribution in [0.4, 0.5) is 25.0 Å². The molecule has 1 fully saturated rings. The van der Waals surface area contributed by atoms with E-state index in [1.165, 1.54) is 0 Å². The van der Waals surface area contributed by atoms with Crippen molar-refractivity contribution < 1.29 is 28.2 Å². The molecule has 1 heterocycles. The third-order valence-corrected chi connectivity index (χ3v) is 5.98. The number of anilines is 2. The lowest BCUT2D eigenvalue weighted by atomic mass is 9.97. The molecule has 0 spiro atoms. The third-order valence-electron chi connectivity index (χ3n) is 5.98. The highest BCUT2D eigenvalue weighted by Gasteiger charge is 2.33. The van der Waals surface area contributed by atoms with Crippen LogP contribution in [0.5, 0.6) is 0 Å². The van der Waals surface area contributed by atoms with Gasteiger partial charge in [-0.2, -0.15) is 0 Å². The van der Waals surface area contributed by atoms with Gasteiger partial charge >= 0.3 is 6.03 Å². The zero-order valence-electron chi connectivity index (χ0n) is 19.4. The van der Waals surface area contributed by atoms with Crippen molar-refractivity contribution in [2.45, 2.75) is 37.5 Å². The summed E-state index contributed by atoms with van der Waals surface area (Å²) in [4.78, 5) is 24.8. The van der Waals surface area contributed by atoms with E-state index in [0.29, 0.717) is 18.5 Å². The second kappa shape index (κ2) is 11.7. The van der Waals surface area contributed by atoms with Gasteiger partial charge in [0.05, 0.1) is 30.9 Å².